The number of hydrogen-bond donors (Lipinski definition) is 1. The van der Waals surface area contributed by atoms with Gasteiger partial charge in [-0.05, 0) is 60.9 Å². The second-order valence-electron chi connectivity index (χ2n) is 7.25. The van der Waals surface area contributed by atoms with Gasteiger partial charge in [0.25, 0.3) is 11.8 Å². The van der Waals surface area contributed by atoms with Crippen molar-refractivity contribution in [3.05, 3.63) is 100 Å². The van der Waals surface area contributed by atoms with Crippen LogP contribution in [0.5, 0.6) is 0 Å². The van der Waals surface area contributed by atoms with Gasteiger partial charge in [-0.3, -0.25) is 9.59 Å². The molecule has 1 aliphatic heterocycles. The average molecular weight is 405 g/mol. The molecule has 0 saturated carbocycles. The molecule has 146 valence electrons. The van der Waals surface area contributed by atoms with Crippen LogP contribution in [-0.2, 0) is 13.0 Å². The summed E-state index contributed by atoms with van der Waals surface area (Å²) in [7, 11) is 0. The molecule has 1 atom stereocenters. The van der Waals surface area contributed by atoms with Crippen LogP contribution in [0.25, 0.3) is 0 Å². The maximum Gasteiger partial charge on any atom is 0.258 e. The Kier molecular flexibility index (Phi) is 5.36. The van der Waals surface area contributed by atoms with Crippen LogP contribution in [0.15, 0.2) is 72.8 Å². The van der Waals surface area contributed by atoms with Gasteiger partial charge < -0.3 is 10.2 Å². The van der Waals surface area contributed by atoms with Crippen LogP contribution < -0.4 is 10.2 Å². The molecular formula is C24H21ClN2O2. The van der Waals surface area contributed by atoms with E-state index in [4.69, 9.17) is 11.6 Å². The monoisotopic (exact) mass is 404 g/mol. The standard InChI is InChI=1S/C24H21ClN2O2/c1-16-12-19-11-10-17(15-26-23(28)20-8-5-9-21(25)14-20)13-22(19)27(16)24(29)18-6-3-2-4-7-18/h2-11,13-14,16H,12,15H2,1H3,(H,26,28)/t16-/m0/s1. The number of carbonyl (C=O) groups is 2. The third-order valence-electron chi connectivity index (χ3n) is 5.14. The normalized spacial score (nSPS) is 15.1. The molecule has 1 aliphatic rings. The minimum Gasteiger partial charge on any atom is -0.348 e. The van der Waals surface area contributed by atoms with E-state index < -0.39 is 0 Å². The minimum atomic E-state index is -0.182. The summed E-state index contributed by atoms with van der Waals surface area (Å²) < 4.78 is 0. The first-order valence-corrected chi connectivity index (χ1v) is 9.95. The highest BCUT2D eigenvalue weighted by Crippen LogP contribution is 2.34. The fourth-order valence-corrected chi connectivity index (χ4v) is 3.90. The molecular weight excluding hydrogens is 384 g/mol. The molecule has 5 heteroatoms. The van der Waals surface area contributed by atoms with E-state index in [2.05, 4.69) is 12.2 Å². The topological polar surface area (TPSA) is 49.4 Å². The van der Waals surface area contributed by atoms with Crippen LogP contribution in [-0.4, -0.2) is 17.9 Å². The molecule has 0 unspecified atom stereocenters. The molecule has 1 heterocycles. The van der Waals surface area contributed by atoms with Crippen molar-refractivity contribution in [2.24, 2.45) is 0 Å². The lowest BCUT2D eigenvalue weighted by Crippen LogP contribution is -2.35. The lowest BCUT2D eigenvalue weighted by Gasteiger charge is -2.23. The highest BCUT2D eigenvalue weighted by Gasteiger charge is 2.31. The predicted molar refractivity (Wildman–Crippen MR) is 115 cm³/mol. The number of nitrogens with zero attached hydrogens (tertiary/aromatic N) is 1. The molecule has 4 nitrogen and oxygen atoms in total. The zero-order valence-corrected chi connectivity index (χ0v) is 16.8. The van der Waals surface area contributed by atoms with E-state index in [9.17, 15) is 9.59 Å². The van der Waals surface area contributed by atoms with E-state index in [0.29, 0.717) is 22.7 Å². The summed E-state index contributed by atoms with van der Waals surface area (Å²) in [5.74, 6) is -0.185. The third kappa shape index (κ3) is 4.03. The Morgan fingerprint density at radius 1 is 1.00 bits per heavy atom. The van der Waals surface area contributed by atoms with Crippen molar-refractivity contribution in [3.8, 4) is 0 Å². The Morgan fingerprint density at radius 3 is 2.52 bits per heavy atom. The molecule has 2 amide bonds. The van der Waals surface area contributed by atoms with Gasteiger partial charge >= 0.3 is 0 Å². The van der Waals surface area contributed by atoms with Gasteiger partial charge in [-0.15, -0.1) is 0 Å². The molecule has 0 saturated heterocycles. The van der Waals surface area contributed by atoms with Crippen molar-refractivity contribution in [1.82, 2.24) is 5.32 Å². The van der Waals surface area contributed by atoms with Crippen molar-refractivity contribution in [2.45, 2.75) is 25.9 Å². The van der Waals surface area contributed by atoms with Gasteiger partial charge in [0.1, 0.15) is 0 Å². The summed E-state index contributed by atoms with van der Waals surface area (Å²) in [6.45, 7) is 2.43. The van der Waals surface area contributed by atoms with Crippen LogP contribution in [0, 0.1) is 0 Å². The number of fused-ring (bicyclic) bond motifs is 1. The number of benzene rings is 3. The van der Waals surface area contributed by atoms with Crippen molar-refractivity contribution in [1.29, 1.82) is 0 Å². The zero-order valence-electron chi connectivity index (χ0n) is 16.1. The summed E-state index contributed by atoms with van der Waals surface area (Å²) >= 11 is 5.96. The summed E-state index contributed by atoms with van der Waals surface area (Å²) in [6, 6.07) is 22.3. The van der Waals surface area contributed by atoms with Gasteiger partial charge in [-0.1, -0.05) is 48.0 Å². The van der Waals surface area contributed by atoms with Crippen molar-refractivity contribution < 1.29 is 9.59 Å². The van der Waals surface area contributed by atoms with Gasteiger partial charge in [-0.25, -0.2) is 0 Å². The van der Waals surface area contributed by atoms with Gasteiger partial charge in [0.2, 0.25) is 0 Å². The molecule has 4 rings (SSSR count). The maximum atomic E-state index is 13.1. The van der Waals surface area contributed by atoms with E-state index in [1.807, 2.05) is 53.4 Å². The third-order valence-corrected chi connectivity index (χ3v) is 5.38. The Balaban J connectivity index is 1.53. The van der Waals surface area contributed by atoms with E-state index >= 15 is 0 Å². The molecule has 0 aliphatic carbocycles. The van der Waals surface area contributed by atoms with Crippen LogP contribution in [0.3, 0.4) is 0 Å². The number of hydrogen-bond acceptors (Lipinski definition) is 2. The SMILES string of the molecule is C[C@H]1Cc2ccc(CNC(=O)c3cccc(Cl)c3)cc2N1C(=O)c1ccccc1. The molecule has 0 radical (unpaired) electrons. The number of anilines is 1. The quantitative estimate of drug-likeness (QED) is 0.675. The van der Waals surface area contributed by atoms with Crippen molar-refractivity contribution >= 4 is 29.1 Å². The first-order valence-electron chi connectivity index (χ1n) is 9.57. The van der Waals surface area contributed by atoms with E-state index in [1.165, 1.54) is 0 Å². The summed E-state index contributed by atoms with van der Waals surface area (Å²) in [5.41, 5.74) is 4.20. The first-order chi connectivity index (χ1) is 14.0. The molecule has 3 aromatic carbocycles. The second kappa shape index (κ2) is 8.10. The fourth-order valence-electron chi connectivity index (χ4n) is 3.71. The number of carbonyl (C=O) groups excluding carboxylic acids is 2. The summed E-state index contributed by atoms with van der Waals surface area (Å²) in [6.07, 6.45) is 0.822. The van der Waals surface area contributed by atoms with Gasteiger partial charge in [0.05, 0.1) is 0 Å². The molecule has 0 aromatic heterocycles. The van der Waals surface area contributed by atoms with Gasteiger partial charge in [-0.2, -0.15) is 0 Å². The van der Waals surface area contributed by atoms with E-state index in [1.54, 1.807) is 24.3 Å². The fraction of sp³-hybridized carbons (Fsp3) is 0.167. The molecule has 0 spiro atoms. The smallest absolute Gasteiger partial charge is 0.258 e. The summed E-state index contributed by atoms with van der Waals surface area (Å²) in [4.78, 5) is 27.3. The molecule has 3 aromatic rings. The minimum absolute atomic E-state index is 0.00281. The highest BCUT2D eigenvalue weighted by atomic mass is 35.5. The molecule has 0 fully saturated rings. The molecule has 0 bridgehead atoms. The van der Waals surface area contributed by atoms with Crippen LogP contribution in [0.1, 0.15) is 38.8 Å². The van der Waals surface area contributed by atoms with E-state index in [0.717, 1.165) is 23.2 Å². The number of halogens is 1. The van der Waals surface area contributed by atoms with Gasteiger partial charge in [0.15, 0.2) is 0 Å². The van der Waals surface area contributed by atoms with Crippen molar-refractivity contribution in [2.75, 3.05) is 4.90 Å². The zero-order chi connectivity index (χ0) is 20.4. The second-order valence-corrected chi connectivity index (χ2v) is 7.69. The number of rotatable bonds is 4. The Morgan fingerprint density at radius 2 is 1.76 bits per heavy atom. The highest BCUT2D eigenvalue weighted by molar-refractivity contribution is 6.30. The molecule has 1 N–H and O–H groups in total. The predicted octanol–water partition coefficient (Wildman–Crippen LogP) is 4.86. The maximum absolute atomic E-state index is 13.1. The summed E-state index contributed by atoms with van der Waals surface area (Å²) in [5, 5.41) is 3.45. The average Bonchev–Trinajstić information content (AvgIpc) is 3.07. The van der Waals surface area contributed by atoms with Crippen LogP contribution in [0.2, 0.25) is 5.02 Å². The lowest BCUT2D eigenvalue weighted by molar-refractivity contribution is 0.0948. The lowest BCUT2D eigenvalue weighted by atomic mass is 10.1. The Bertz CT molecular complexity index is 1070. The number of amides is 2. The largest absolute Gasteiger partial charge is 0.348 e. The number of nitrogens with one attached hydrogen (secondary N) is 1. The van der Waals surface area contributed by atoms with Gasteiger partial charge in [0, 0.05) is 34.4 Å². The first kappa shape index (κ1) is 19.2. The van der Waals surface area contributed by atoms with Crippen LogP contribution in [0.4, 0.5) is 5.69 Å². The van der Waals surface area contributed by atoms with Crippen molar-refractivity contribution in [3.63, 3.8) is 0 Å². The Hall–Kier alpha value is -3.11. The molecule has 29 heavy (non-hydrogen) atoms. The van der Waals surface area contributed by atoms with E-state index in [-0.39, 0.29) is 17.9 Å². The van der Waals surface area contributed by atoms with Crippen LogP contribution >= 0.6 is 11.6 Å². The Labute approximate surface area is 175 Å².